The van der Waals surface area contributed by atoms with Gasteiger partial charge >= 0.3 is 21.7 Å². The van der Waals surface area contributed by atoms with Gasteiger partial charge in [-0.1, -0.05) is 248 Å². The molecule has 0 aromatic carbocycles. The minimum atomic E-state index is -4.90. The average Bonchev–Trinajstić information content (AvgIpc) is 3.34. The van der Waals surface area contributed by atoms with Crippen LogP contribution in [-0.2, 0) is 89.2 Å². The second-order valence-electron chi connectivity index (χ2n) is 19.6. The van der Waals surface area contributed by atoms with Crippen molar-refractivity contribution in [1.82, 2.24) is 0 Å². The van der Waals surface area contributed by atoms with E-state index in [4.69, 9.17) is 0 Å². The maximum atomic E-state index is 11.5. The van der Waals surface area contributed by atoms with Gasteiger partial charge in [-0.2, -0.15) is 0 Å². The Kier molecular flexibility index (Phi) is 68.5. The van der Waals surface area contributed by atoms with E-state index in [1.807, 2.05) is 0 Å². The molecule has 0 rings (SSSR count). The van der Waals surface area contributed by atoms with Crippen molar-refractivity contribution in [3.63, 3.8) is 0 Å². The number of phosphoric ester groups is 6. The van der Waals surface area contributed by atoms with Gasteiger partial charge in [0.05, 0.1) is 39.6 Å². The largest absolute Gasteiger partial charge is 4.00 e. The summed E-state index contributed by atoms with van der Waals surface area (Å²) in [6.45, 7) is 15.4. The fourth-order valence-electron chi connectivity index (χ4n) is 6.86. The first-order chi connectivity index (χ1) is 37.2. The van der Waals surface area contributed by atoms with Crippen molar-refractivity contribution in [2.75, 3.05) is 39.6 Å². The van der Waals surface area contributed by atoms with Crippen LogP contribution in [-0.4, -0.2) is 45.7 Å². The topological polar surface area (TPSA) is 347 Å². The molecule has 0 aliphatic rings. The van der Waals surface area contributed by atoms with Crippen LogP contribution in [0, 0.1) is 0 Å². The van der Waals surface area contributed by atoms with E-state index in [0.29, 0.717) is 38.5 Å². The van der Waals surface area contributed by atoms with E-state index in [0.717, 1.165) is 193 Å². The Balaban J connectivity index is -0.000000337. The molecule has 0 aromatic heterocycles. The summed E-state index contributed by atoms with van der Waals surface area (Å²) in [6.07, 6.45) is 34.2. The molecule has 22 nitrogen and oxygen atoms in total. The molecule has 0 saturated heterocycles. The van der Waals surface area contributed by atoms with Crippen molar-refractivity contribution in [2.24, 2.45) is 0 Å². The summed E-state index contributed by atoms with van der Waals surface area (Å²) in [4.78, 5) is 69.1. The zero-order chi connectivity index (χ0) is 60.6. The summed E-state index contributed by atoms with van der Waals surface area (Å²) in [5.41, 5.74) is 0. The predicted octanol–water partition coefficient (Wildman–Crippen LogP) is 13.8. The molecule has 6 unspecified atom stereocenters. The monoisotopic (exact) mass is 1310 g/mol. The molecule has 0 saturated carbocycles. The number of rotatable bonds is 54. The molecule has 0 spiro atoms. The minimum absolute atomic E-state index is 0. The molecule has 80 heavy (non-hydrogen) atoms. The van der Waals surface area contributed by atoms with E-state index in [-0.39, 0.29) is 61.4 Å². The summed E-state index contributed by atoms with van der Waals surface area (Å²) >= 11 is 0. The fourth-order valence-corrected chi connectivity index (χ4v) is 13.0. The van der Waals surface area contributed by atoms with E-state index >= 15 is 0 Å². The Morgan fingerprint density at radius 3 is 0.463 bits per heavy atom. The predicted molar refractivity (Wildman–Crippen MR) is 300 cm³/mol. The van der Waals surface area contributed by atoms with Crippen LogP contribution >= 0.6 is 46.9 Å². The van der Waals surface area contributed by atoms with Crippen molar-refractivity contribution in [2.45, 2.75) is 293 Å². The number of phosphoric acid groups is 6. The maximum absolute atomic E-state index is 11.5. The van der Waals surface area contributed by atoms with Gasteiger partial charge in [0.2, 0.25) is 0 Å². The van der Waals surface area contributed by atoms with Crippen LogP contribution in [0.15, 0.2) is 0 Å². The van der Waals surface area contributed by atoms with Crippen LogP contribution in [0.2, 0.25) is 0 Å². The van der Waals surface area contributed by atoms with Gasteiger partial charge in [-0.3, -0.25) is 27.4 Å². The van der Waals surface area contributed by atoms with Gasteiger partial charge in [-0.05, 0) is 38.5 Å². The molecular formula is C51H109O22P6Ti-3. The molecular weight excluding hydrogens is 1200 g/mol. The molecule has 0 N–H and O–H groups in total. The smallest absolute Gasteiger partial charge is 0.852 e. The summed E-state index contributed by atoms with van der Waals surface area (Å²) in [5, 5.41) is 9.53. The molecule has 0 fully saturated rings. The Labute approximate surface area is 500 Å². The molecule has 0 heterocycles. The Bertz CT molecular complexity index is 1340. The summed E-state index contributed by atoms with van der Waals surface area (Å²) in [7, 11) is -29.4. The van der Waals surface area contributed by atoms with Gasteiger partial charge in [-0.25, -0.2) is 12.9 Å². The summed E-state index contributed by atoms with van der Waals surface area (Å²) in [5.74, 6) is 0. The third-order valence-corrected chi connectivity index (χ3v) is 18.9. The molecule has 482 valence electrons. The Hall–Kier alpha value is 1.45. The van der Waals surface area contributed by atoms with E-state index in [2.05, 4.69) is 81.6 Å². The van der Waals surface area contributed by atoms with E-state index in [9.17, 15) is 61.9 Å². The number of hydrogen-bond acceptors (Lipinski definition) is 22. The van der Waals surface area contributed by atoms with E-state index in [1.54, 1.807) is 13.8 Å². The van der Waals surface area contributed by atoms with Crippen molar-refractivity contribution in [1.29, 1.82) is 0 Å². The quantitative estimate of drug-likeness (QED) is 0.0310. The molecule has 0 aromatic rings. The number of unbranched alkanes of at least 4 members (excludes halogenated alkanes) is 30. The van der Waals surface area contributed by atoms with Crippen molar-refractivity contribution < 1.29 is 124 Å². The first-order valence-electron chi connectivity index (χ1n) is 29.7. The summed E-state index contributed by atoms with van der Waals surface area (Å²) < 4.78 is 109. The van der Waals surface area contributed by atoms with E-state index in [1.165, 1.54) is 0 Å². The van der Waals surface area contributed by atoms with Gasteiger partial charge in [-0.15, -0.1) is 6.10 Å². The van der Waals surface area contributed by atoms with Crippen molar-refractivity contribution in [3.05, 3.63) is 0 Å². The van der Waals surface area contributed by atoms with Crippen molar-refractivity contribution in [3.8, 4) is 0 Å². The van der Waals surface area contributed by atoms with Crippen LogP contribution in [0.1, 0.15) is 287 Å². The Morgan fingerprint density at radius 2 is 0.350 bits per heavy atom. The summed E-state index contributed by atoms with van der Waals surface area (Å²) in [6, 6.07) is 0. The van der Waals surface area contributed by atoms with Crippen molar-refractivity contribution >= 4 is 46.9 Å². The van der Waals surface area contributed by atoms with Crippen LogP contribution in [0.3, 0.4) is 0 Å². The minimum Gasteiger partial charge on any atom is -0.852 e. The van der Waals surface area contributed by atoms with Gasteiger partial charge in [0.15, 0.2) is 0 Å². The maximum Gasteiger partial charge on any atom is 4.00 e. The van der Waals surface area contributed by atoms with E-state index < -0.39 is 53.0 Å². The zero-order valence-corrected chi connectivity index (χ0v) is 57.4. The molecule has 0 aliphatic carbocycles. The first-order valence-corrected chi connectivity index (χ1v) is 38.5. The second kappa shape index (κ2) is 60.7. The zero-order valence-electron chi connectivity index (χ0n) is 50.4. The van der Waals surface area contributed by atoms with Gasteiger partial charge in [0, 0.05) is 0 Å². The normalized spacial score (nSPS) is 15.9. The van der Waals surface area contributed by atoms with Gasteiger partial charge in [0.1, 0.15) is 0 Å². The van der Waals surface area contributed by atoms with Crippen LogP contribution in [0.5, 0.6) is 0 Å². The molecule has 0 radical (unpaired) electrons. The van der Waals surface area contributed by atoms with Crippen LogP contribution in [0.25, 0.3) is 0 Å². The molecule has 0 amide bonds. The Morgan fingerprint density at radius 1 is 0.250 bits per heavy atom. The molecule has 29 heteroatoms. The average molecular weight is 1310 g/mol. The van der Waals surface area contributed by atoms with Gasteiger partial charge < -0.3 is 61.6 Å². The third-order valence-electron chi connectivity index (χ3n) is 11.1. The number of hydrogen-bond donors (Lipinski definition) is 0. The molecule has 0 bridgehead atoms. The second-order valence-corrected chi connectivity index (χ2v) is 28.5. The molecule has 0 aliphatic heterocycles. The molecule has 6 atom stereocenters. The standard InChI is InChI=1S/3C16H36O7P2.C3H7O.Ti/c3*1-3-5-7-9-11-13-15-21-24(17,18)23-25(19,20)22-16-14-12-10-8-6-4-2;1-3(2)4;/h3*3-16H2,1-2H3,(H,17,18)(H,19,20);3H,1-2H3;/q;;;-1;+4/p-6. The van der Waals surface area contributed by atoms with Gasteiger partial charge in [0.25, 0.3) is 46.9 Å². The SMILES string of the molecule is CC(C)[O-].CCCCCCCCOP(=O)([O-])OP(=O)([O-])OCCCCCCCC.CCCCCCCCOP(=O)([O-])OP(=O)([O-])OCCCCCCCC.CCCCCCCCOP(=O)([O-])OP(=O)([O-])OCCCCCCCC.[Ti+4]. The van der Waals surface area contributed by atoms with Crippen LogP contribution < -0.4 is 34.5 Å². The first kappa shape index (κ1) is 90.2. The fraction of sp³-hybridized carbons (Fsp3) is 1.00. The third kappa shape index (κ3) is 77.5. The van der Waals surface area contributed by atoms with Crippen LogP contribution in [0.4, 0.5) is 0 Å².